The lowest BCUT2D eigenvalue weighted by atomic mass is 10.1. The van der Waals surface area contributed by atoms with Crippen molar-refractivity contribution >= 4 is 0 Å². The molecule has 0 aromatic heterocycles. The third-order valence-corrected chi connectivity index (χ3v) is 2.61. The van der Waals surface area contributed by atoms with Crippen molar-refractivity contribution in [1.82, 2.24) is 0 Å². The number of unbranched alkanes of at least 4 members (excludes halogenated alkanes) is 9. The molecule has 0 fully saturated rings. The molecule has 0 saturated carbocycles. The van der Waals surface area contributed by atoms with Gasteiger partial charge in [-0.15, -0.1) is 0 Å². The fourth-order valence-corrected chi connectivity index (χ4v) is 1.66. The molecule has 0 aliphatic carbocycles. The van der Waals surface area contributed by atoms with Crippen LogP contribution in [0, 0.1) is 23.9 Å². The molecule has 0 atom stereocenters. The first-order chi connectivity index (χ1) is 7.91. The van der Waals surface area contributed by atoms with Crippen molar-refractivity contribution in [2.45, 2.75) is 71.1 Å². The molecule has 0 spiro atoms. The number of rotatable bonds is 9. The molecule has 0 aromatic carbocycles. The number of hydrogen-bond donors (Lipinski definition) is 1. The average Bonchev–Trinajstić information content (AvgIpc) is 2.31. The van der Waals surface area contributed by atoms with Crippen LogP contribution in [0.25, 0.3) is 0 Å². The number of hydrogen-bond acceptors (Lipinski definition) is 1. The number of aliphatic hydroxyl groups excluding tert-OH is 1. The first-order valence-corrected chi connectivity index (χ1v) is 6.53. The second-order valence-corrected chi connectivity index (χ2v) is 4.12. The van der Waals surface area contributed by atoms with Gasteiger partial charge in [0.05, 0.1) is 0 Å². The van der Waals surface area contributed by atoms with E-state index in [-0.39, 0.29) is 0 Å². The van der Waals surface area contributed by atoms with E-state index in [1.54, 1.807) is 6.11 Å². The van der Waals surface area contributed by atoms with Crippen molar-refractivity contribution in [3.05, 3.63) is 0 Å². The smallest absolute Gasteiger partial charge is 0.122 e. The minimum absolute atomic E-state index is 0.907. The lowest BCUT2D eigenvalue weighted by Gasteiger charge is -1.99. The summed E-state index contributed by atoms with van der Waals surface area (Å²) in [4.78, 5) is 0. The van der Waals surface area contributed by atoms with Crippen molar-refractivity contribution in [3.63, 3.8) is 0 Å². The Morgan fingerprint density at radius 1 is 0.750 bits per heavy atom. The molecule has 0 rings (SSSR count). The number of aliphatic hydroxyl groups is 1. The molecule has 0 radical (unpaired) electrons. The van der Waals surface area contributed by atoms with Crippen LogP contribution < -0.4 is 0 Å². The van der Waals surface area contributed by atoms with E-state index >= 15 is 0 Å². The van der Waals surface area contributed by atoms with Crippen LogP contribution in [0.1, 0.15) is 71.1 Å². The van der Waals surface area contributed by atoms with Crippen molar-refractivity contribution in [2.75, 3.05) is 0 Å². The second kappa shape index (κ2) is 13.9. The van der Waals surface area contributed by atoms with Crippen LogP contribution in [0.15, 0.2) is 0 Å². The minimum atomic E-state index is 0.907. The average molecular weight is 220 g/mol. The van der Waals surface area contributed by atoms with E-state index in [4.69, 9.17) is 5.11 Å². The zero-order chi connectivity index (χ0) is 11.9. The maximum absolute atomic E-state index is 8.16. The molecule has 16 heavy (non-hydrogen) atoms. The SMILES string of the molecule is CCCCCCCCCCCC#CC#CO. The third-order valence-electron chi connectivity index (χ3n) is 2.61. The summed E-state index contributed by atoms with van der Waals surface area (Å²) in [6, 6.07) is 0. The molecule has 90 valence electrons. The van der Waals surface area contributed by atoms with Crippen molar-refractivity contribution in [3.8, 4) is 23.9 Å². The fourth-order valence-electron chi connectivity index (χ4n) is 1.66. The van der Waals surface area contributed by atoms with Gasteiger partial charge in [0.2, 0.25) is 0 Å². The van der Waals surface area contributed by atoms with Gasteiger partial charge in [0.15, 0.2) is 0 Å². The van der Waals surface area contributed by atoms with Crippen LogP contribution in [-0.2, 0) is 0 Å². The molecule has 1 heteroatoms. The first kappa shape index (κ1) is 14.9. The van der Waals surface area contributed by atoms with Gasteiger partial charge in [-0.3, -0.25) is 0 Å². The summed E-state index contributed by atoms with van der Waals surface area (Å²) in [5.41, 5.74) is 0. The molecular weight excluding hydrogens is 196 g/mol. The molecule has 0 amide bonds. The van der Waals surface area contributed by atoms with Crippen LogP contribution >= 0.6 is 0 Å². The molecule has 0 unspecified atom stereocenters. The maximum atomic E-state index is 8.16. The molecule has 0 aliphatic heterocycles. The Bertz CT molecular complexity index is 246. The molecule has 0 heterocycles. The molecule has 0 bridgehead atoms. The zero-order valence-electron chi connectivity index (χ0n) is 10.5. The van der Waals surface area contributed by atoms with E-state index in [0.29, 0.717) is 0 Å². The minimum Gasteiger partial charge on any atom is -0.461 e. The van der Waals surface area contributed by atoms with E-state index < -0.39 is 0 Å². The van der Waals surface area contributed by atoms with Crippen LogP contribution in [-0.4, -0.2) is 5.11 Å². The molecule has 0 saturated heterocycles. The van der Waals surface area contributed by atoms with Gasteiger partial charge in [-0.05, 0) is 12.3 Å². The highest BCUT2D eigenvalue weighted by atomic mass is 16.2. The van der Waals surface area contributed by atoms with Gasteiger partial charge in [-0.2, -0.15) is 0 Å². The summed E-state index contributed by atoms with van der Waals surface area (Å²) in [7, 11) is 0. The highest BCUT2D eigenvalue weighted by Gasteiger charge is 1.90. The molecular formula is C15H24O. The van der Waals surface area contributed by atoms with E-state index in [2.05, 4.69) is 24.7 Å². The third kappa shape index (κ3) is 12.9. The van der Waals surface area contributed by atoms with Gasteiger partial charge < -0.3 is 5.11 Å². The highest BCUT2D eigenvalue weighted by Crippen LogP contribution is 2.09. The Hall–Kier alpha value is -1.08. The topological polar surface area (TPSA) is 20.2 Å². The summed E-state index contributed by atoms with van der Waals surface area (Å²) in [6.45, 7) is 2.25. The van der Waals surface area contributed by atoms with Gasteiger partial charge in [0.25, 0.3) is 0 Å². The largest absolute Gasteiger partial charge is 0.461 e. The summed E-state index contributed by atoms with van der Waals surface area (Å²) in [5, 5.41) is 8.16. The molecule has 0 aromatic rings. The van der Waals surface area contributed by atoms with E-state index in [1.807, 2.05) is 0 Å². The Morgan fingerprint density at radius 2 is 1.31 bits per heavy atom. The van der Waals surface area contributed by atoms with Gasteiger partial charge >= 0.3 is 0 Å². The fraction of sp³-hybridized carbons (Fsp3) is 0.733. The Kier molecular flexibility index (Phi) is 13.0. The first-order valence-electron chi connectivity index (χ1n) is 6.53. The van der Waals surface area contributed by atoms with Gasteiger partial charge in [-0.25, -0.2) is 0 Å². The standard InChI is InChI=1S/C15H24O/c1-2-3-4-5-6-7-8-9-10-11-12-13-14-15-16/h16H,2-11H2,1H3. The van der Waals surface area contributed by atoms with Gasteiger partial charge in [0.1, 0.15) is 6.11 Å². The van der Waals surface area contributed by atoms with Crippen LogP contribution in [0.5, 0.6) is 0 Å². The predicted molar refractivity (Wildman–Crippen MR) is 69.3 cm³/mol. The van der Waals surface area contributed by atoms with Crippen LogP contribution in [0.4, 0.5) is 0 Å². The molecule has 0 aliphatic rings. The van der Waals surface area contributed by atoms with Gasteiger partial charge in [0, 0.05) is 12.3 Å². The normalized spacial score (nSPS) is 8.81. The predicted octanol–water partition coefficient (Wildman–Crippen LogP) is 4.24. The maximum Gasteiger partial charge on any atom is 0.122 e. The Morgan fingerprint density at radius 3 is 1.88 bits per heavy atom. The van der Waals surface area contributed by atoms with Crippen molar-refractivity contribution in [2.24, 2.45) is 0 Å². The summed E-state index contributed by atoms with van der Waals surface area (Å²) in [5.74, 6) is 7.84. The summed E-state index contributed by atoms with van der Waals surface area (Å²) >= 11 is 0. The van der Waals surface area contributed by atoms with Crippen molar-refractivity contribution in [1.29, 1.82) is 0 Å². The molecule has 1 N–H and O–H groups in total. The van der Waals surface area contributed by atoms with Crippen LogP contribution in [0.3, 0.4) is 0 Å². The van der Waals surface area contributed by atoms with E-state index in [0.717, 1.165) is 12.8 Å². The Labute approximate surface area is 101 Å². The van der Waals surface area contributed by atoms with E-state index in [1.165, 1.54) is 51.4 Å². The van der Waals surface area contributed by atoms with Gasteiger partial charge in [-0.1, -0.05) is 64.2 Å². The monoisotopic (exact) mass is 220 g/mol. The highest BCUT2D eigenvalue weighted by molar-refractivity contribution is 5.23. The lowest BCUT2D eigenvalue weighted by molar-refractivity contribution is 0.517. The lowest BCUT2D eigenvalue weighted by Crippen LogP contribution is -1.80. The van der Waals surface area contributed by atoms with Crippen molar-refractivity contribution < 1.29 is 5.11 Å². The van der Waals surface area contributed by atoms with Crippen LogP contribution in [0.2, 0.25) is 0 Å². The summed E-state index contributed by atoms with van der Waals surface area (Å²) < 4.78 is 0. The quantitative estimate of drug-likeness (QED) is 0.455. The Balaban J connectivity index is 3.04. The van der Waals surface area contributed by atoms with E-state index in [9.17, 15) is 0 Å². The zero-order valence-corrected chi connectivity index (χ0v) is 10.5. The molecule has 1 nitrogen and oxygen atoms in total. The second-order valence-electron chi connectivity index (χ2n) is 4.12. The summed E-state index contributed by atoms with van der Waals surface area (Å²) in [6.07, 6.45) is 14.7.